The summed E-state index contributed by atoms with van der Waals surface area (Å²) in [5.41, 5.74) is 0.992. The maximum atomic E-state index is 13.7. The fourth-order valence-electron chi connectivity index (χ4n) is 4.59. The first-order valence-electron chi connectivity index (χ1n) is 12.4. The number of aliphatic hydroxyl groups excluding tert-OH is 1. The molecular formula is C27H32N2O8S. The molecule has 11 heteroatoms. The van der Waals surface area contributed by atoms with Crippen LogP contribution >= 0.6 is 0 Å². The molecule has 1 aliphatic carbocycles. The maximum Gasteiger partial charge on any atom is 0.412 e. The molecule has 2 aromatic carbocycles. The topological polar surface area (TPSA) is 130 Å². The lowest BCUT2D eigenvalue weighted by Gasteiger charge is -2.35. The van der Waals surface area contributed by atoms with Gasteiger partial charge >= 0.3 is 6.09 Å². The van der Waals surface area contributed by atoms with Crippen molar-refractivity contribution in [2.45, 2.75) is 55.2 Å². The molecule has 2 atom stereocenters. The molecule has 2 N–H and O–H groups in total. The SMILES string of the molecule is COc1ccc(S(=O)(=O)N(C[C@@H](O)[C@H](Cc2ccccc2)N(C(=O)O)c2ccoc2)OC2CCCC2)cc1. The number of amides is 1. The van der Waals surface area contributed by atoms with E-state index in [1.807, 2.05) is 30.3 Å². The normalized spacial score (nSPS) is 15.9. The molecule has 1 aliphatic rings. The van der Waals surface area contributed by atoms with Crippen molar-refractivity contribution >= 4 is 21.8 Å². The van der Waals surface area contributed by atoms with Gasteiger partial charge in [-0.05, 0) is 49.1 Å². The summed E-state index contributed by atoms with van der Waals surface area (Å²) in [7, 11) is -2.72. The number of carboxylic acid groups (broad SMARTS) is 1. The van der Waals surface area contributed by atoms with Crippen molar-refractivity contribution < 1.29 is 37.4 Å². The van der Waals surface area contributed by atoms with E-state index in [0.29, 0.717) is 18.6 Å². The van der Waals surface area contributed by atoms with Gasteiger partial charge in [0, 0.05) is 6.07 Å². The van der Waals surface area contributed by atoms with Crippen LogP contribution in [0.25, 0.3) is 0 Å². The molecule has 0 saturated heterocycles. The molecule has 10 nitrogen and oxygen atoms in total. The van der Waals surface area contributed by atoms with Crippen molar-refractivity contribution in [1.29, 1.82) is 0 Å². The van der Waals surface area contributed by atoms with Crippen LogP contribution in [0, 0.1) is 0 Å². The van der Waals surface area contributed by atoms with Crippen LogP contribution in [0.5, 0.6) is 5.75 Å². The number of rotatable bonds is 12. The number of ether oxygens (including phenoxy) is 1. The molecule has 1 heterocycles. The number of aliphatic hydroxyl groups is 1. The fourth-order valence-corrected chi connectivity index (χ4v) is 5.89. The molecule has 1 amide bonds. The van der Waals surface area contributed by atoms with E-state index in [2.05, 4.69) is 0 Å². The molecule has 0 spiro atoms. The number of sulfonamides is 1. The summed E-state index contributed by atoms with van der Waals surface area (Å²) in [5, 5.41) is 21.6. The lowest BCUT2D eigenvalue weighted by Crippen LogP contribution is -2.53. The molecule has 38 heavy (non-hydrogen) atoms. The number of hydrogen-bond donors (Lipinski definition) is 2. The van der Waals surface area contributed by atoms with E-state index >= 15 is 0 Å². The molecule has 0 bridgehead atoms. The van der Waals surface area contributed by atoms with Gasteiger partial charge in [0.15, 0.2) is 0 Å². The summed E-state index contributed by atoms with van der Waals surface area (Å²) < 4.78 is 38.4. The first-order valence-corrected chi connectivity index (χ1v) is 13.8. The predicted octanol–water partition coefficient (Wildman–Crippen LogP) is 4.31. The standard InChI is InChI=1S/C27H32N2O8S/c1-35-22-11-13-24(14-12-22)38(33,34)28(37-23-9-5-6-10-23)18-26(30)25(17-20-7-3-2-4-8-20)29(27(31)32)21-15-16-36-19-21/h2-4,7-8,11-16,19,23,25-26,30H,5-6,9-10,17-18H2,1H3,(H,31,32)/t25-,26+/m0/s1. The molecule has 204 valence electrons. The largest absolute Gasteiger partial charge is 0.497 e. The Morgan fingerprint density at radius 3 is 2.34 bits per heavy atom. The zero-order valence-electron chi connectivity index (χ0n) is 21.0. The van der Waals surface area contributed by atoms with Crippen molar-refractivity contribution in [2.75, 3.05) is 18.6 Å². The quantitative estimate of drug-likeness (QED) is 0.323. The average molecular weight is 545 g/mol. The third-order valence-corrected chi connectivity index (χ3v) is 8.22. The summed E-state index contributed by atoms with van der Waals surface area (Å²) in [6, 6.07) is 15.4. The molecule has 4 rings (SSSR count). The maximum absolute atomic E-state index is 13.7. The Morgan fingerprint density at radius 1 is 1.08 bits per heavy atom. The second-order valence-electron chi connectivity index (χ2n) is 9.14. The number of carbonyl (C=O) groups is 1. The third kappa shape index (κ3) is 6.54. The van der Waals surface area contributed by atoms with Crippen LogP contribution in [0.3, 0.4) is 0 Å². The summed E-state index contributed by atoms with van der Waals surface area (Å²) in [6.07, 6.45) is 2.83. The van der Waals surface area contributed by atoms with Crippen LogP contribution in [-0.2, 0) is 21.3 Å². The number of anilines is 1. The second-order valence-corrected chi connectivity index (χ2v) is 11.0. The number of nitrogens with zero attached hydrogens (tertiary/aromatic N) is 2. The predicted molar refractivity (Wildman–Crippen MR) is 139 cm³/mol. The minimum atomic E-state index is -4.20. The molecule has 1 aromatic heterocycles. The van der Waals surface area contributed by atoms with Gasteiger partial charge in [-0.3, -0.25) is 9.74 Å². The van der Waals surface area contributed by atoms with Crippen LogP contribution in [0.1, 0.15) is 31.2 Å². The Bertz CT molecular complexity index is 1260. The fraction of sp³-hybridized carbons (Fsp3) is 0.370. The zero-order chi connectivity index (χ0) is 27.1. The highest BCUT2D eigenvalue weighted by molar-refractivity contribution is 7.89. The van der Waals surface area contributed by atoms with Gasteiger partial charge in [0.1, 0.15) is 12.0 Å². The van der Waals surface area contributed by atoms with Crippen molar-refractivity contribution in [1.82, 2.24) is 4.47 Å². The first kappa shape index (κ1) is 27.6. The summed E-state index contributed by atoms with van der Waals surface area (Å²) >= 11 is 0. The lowest BCUT2D eigenvalue weighted by molar-refractivity contribution is -0.144. The van der Waals surface area contributed by atoms with Crippen molar-refractivity contribution in [3.63, 3.8) is 0 Å². The average Bonchev–Trinajstić information content (AvgIpc) is 3.63. The molecule has 0 radical (unpaired) electrons. The Hall–Kier alpha value is -3.38. The number of hydroxylamine groups is 1. The van der Waals surface area contributed by atoms with E-state index in [1.165, 1.54) is 50.0 Å². The Kier molecular flexibility index (Phi) is 9.05. The highest BCUT2D eigenvalue weighted by atomic mass is 32.2. The zero-order valence-corrected chi connectivity index (χ0v) is 21.9. The monoisotopic (exact) mass is 544 g/mol. The van der Waals surface area contributed by atoms with E-state index in [4.69, 9.17) is 14.0 Å². The smallest absolute Gasteiger partial charge is 0.412 e. The number of hydrogen-bond acceptors (Lipinski definition) is 7. The molecular weight excluding hydrogens is 512 g/mol. The van der Waals surface area contributed by atoms with Gasteiger partial charge in [0.2, 0.25) is 0 Å². The van der Waals surface area contributed by atoms with Gasteiger partial charge < -0.3 is 19.4 Å². The van der Waals surface area contributed by atoms with Crippen molar-refractivity contribution in [2.24, 2.45) is 0 Å². The van der Waals surface area contributed by atoms with Crippen molar-refractivity contribution in [3.8, 4) is 5.75 Å². The minimum absolute atomic E-state index is 0.0342. The molecule has 0 aliphatic heterocycles. The van der Waals surface area contributed by atoms with Gasteiger partial charge in [-0.2, -0.15) is 0 Å². The van der Waals surface area contributed by atoms with E-state index < -0.39 is 34.8 Å². The molecule has 3 aromatic rings. The molecule has 1 saturated carbocycles. The van der Waals surface area contributed by atoms with Gasteiger partial charge in [-0.1, -0.05) is 47.6 Å². The third-order valence-electron chi connectivity index (χ3n) is 6.58. The summed E-state index contributed by atoms with van der Waals surface area (Å²) in [4.78, 5) is 19.3. The van der Waals surface area contributed by atoms with Gasteiger partial charge in [-0.25, -0.2) is 13.2 Å². The van der Waals surface area contributed by atoms with E-state index in [-0.39, 0.29) is 23.1 Å². The highest BCUT2D eigenvalue weighted by Gasteiger charge is 2.38. The Morgan fingerprint density at radius 2 is 1.76 bits per heavy atom. The van der Waals surface area contributed by atoms with Crippen LogP contribution in [0.15, 0.2) is 82.5 Å². The van der Waals surface area contributed by atoms with Crippen LogP contribution in [-0.4, -0.2) is 61.1 Å². The van der Waals surface area contributed by atoms with Crippen molar-refractivity contribution in [3.05, 3.63) is 78.8 Å². The highest BCUT2D eigenvalue weighted by Crippen LogP contribution is 2.28. The number of benzene rings is 2. The summed E-state index contributed by atoms with van der Waals surface area (Å²) in [5.74, 6) is 0.493. The van der Waals surface area contributed by atoms with E-state index in [0.717, 1.165) is 27.8 Å². The van der Waals surface area contributed by atoms with Crippen LogP contribution in [0.2, 0.25) is 0 Å². The van der Waals surface area contributed by atoms with E-state index in [1.54, 1.807) is 0 Å². The molecule has 1 fully saturated rings. The lowest BCUT2D eigenvalue weighted by atomic mass is 9.99. The molecule has 0 unspecified atom stereocenters. The number of furan rings is 1. The number of methoxy groups -OCH3 is 1. The van der Waals surface area contributed by atoms with E-state index in [9.17, 15) is 23.4 Å². The van der Waals surface area contributed by atoms with Crippen LogP contribution in [0.4, 0.5) is 10.5 Å². The van der Waals surface area contributed by atoms with Gasteiger partial charge in [-0.15, -0.1) is 0 Å². The summed E-state index contributed by atoms with van der Waals surface area (Å²) in [6.45, 7) is -0.482. The van der Waals surface area contributed by atoms with Gasteiger partial charge in [0.25, 0.3) is 10.0 Å². The Labute approximate surface area is 222 Å². The second kappa shape index (κ2) is 12.4. The minimum Gasteiger partial charge on any atom is -0.497 e. The first-order chi connectivity index (χ1) is 18.3. The van der Waals surface area contributed by atoms with Gasteiger partial charge in [0.05, 0.1) is 48.8 Å². The van der Waals surface area contributed by atoms with Crippen LogP contribution < -0.4 is 9.64 Å². The Balaban J connectivity index is 1.67.